The van der Waals surface area contributed by atoms with Gasteiger partial charge in [-0.2, -0.15) is 4.31 Å². The summed E-state index contributed by atoms with van der Waals surface area (Å²) >= 11 is 0. The van der Waals surface area contributed by atoms with E-state index in [1.807, 2.05) is 6.92 Å². The molecule has 0 radical (unpaired) electrons. The molecule has 0 aromatic carbocycles. The Bertz CT molecular complexity index is 755. The summed E-state index contributed by atoms with van der Waals surface area (Å²) in [7, 11) is -3.76. The summed E-state index contributed by atoms with van der Waals surface area (Å²) in [5.74, 6) is -0.523. The molecule has 2 N–H and O–H groups in total. The quantitative estimate of drug-likeness (QED) is 0.663. The summed E-state index contributed by atoms with van der Waals surface area (Å²) in [6.07, 6.45) is 2.27. The Labute approximate surface area is 159 Å². The van der Waals surface area contributed by atoms with Crippen molar-refractivity contribution in [3.05, 3.63) is 11.5 Å². The molecule has 1 unspecified atom stereocenters. The van der Waals surface area contributed by atoms with Crippen LogP contribution in [0.25, 0.3) is 0 Å². The summed E-state index contributed by atoms with van der Waals surface area (Å²) in [5.41, 5.74) is 0.317. The average Bonchev–Trinajstić information content (AvgIpc) is 2.99. The number of sulfonamides is 1. The lowest BCUT2D eigenvalue weighted by atomic mass is 9.99. The van der Waals surface area contributed by atoms with E-state index < -0.39 is 15.9 Å². The summed E-state index contributed by atoms with van der Waals surface area (Å²) in [5, 5.41) is 9.19. The Kier molecular flexibility index (Phi) is 7.37. The third kappa shape index (κ3) is 5.29. The van der Waals surface area contributed by atoms with Crippen LogP contribution in [-0.4, -0.2) is 55.9 Å². The first-order chi connectivity index (χ1) is 12.8. The number of carbonyl (C=O) groups is 2. The van der Waals surface area contributed by atoms with Crippen molar-refractivity contribution in [2.75, 3.05) is 26.2 Å². The van der Waals surface area contributed by atoms with Gasteiger partial charge in [-0.15, -0.1) is 0 Å². The second-order valence-corrected chi connectivity index (χ2v) is 8.62. The molecule has 1 aliphatic heterocycles. The van der Waals surface area contributed by atoms with Gasteiger partial charge in [-0.1, -0.05) is 12.1 Å². The lowest BCUT2D eigenvalue weighted by Crippen LogP contribution is -2.46. The molecule has 0 saturated carbocycles. The molecule has 27 heavy (non-hydrogen) atoms. The lowest BCUT2D eigenvalue weighted by molar-refractivity contribution is -0.126. The molecular weight excluding hydrogens is 372 g/mol. The van der Waals surface area contributed by atoms with E-state index in [0.717, 1.165) is 6.42 Å². The van der Waals surface area contributed by atoms with Gasteiger partial charge in [-0.05, 0) is 33.1 Å². The van der Waals surface area contributed by atoms with Gasteiger partial charge < -0.3 is 15.2 Å². The van der Waals surface area contributed by atoms with Gasteiger partial charge in [-0.25, -0.2) is 8.42 Å². The number of nitrogens with one attached hydrogen (secondary N) is 2. The maximum Gasteiger partial charge on any atom is 0.248 e. The normalized spacial score (nSPS) is 18.3. The minimum absolute atomic E-state index is 0.0798. The molecule has 0 bridgehead atoms. The summed E-state index contributed by atoms with van der Waals surface area (Å²) < 4.78 is 32.1. The summed E-state index contributed by atoms with van der Waals surface area (Å²) in [6, 6.07) is 0. The molecule has 9 nitrogen and oxygen atoms in total. The third-order valence-corrected chi connectivity index (χ3v) is 6.65. The van der Waals surface area contributed by atoms with Crippen LogP contribution in [0.1, 0.15) is 44.1 Å². The molecule has 2 amide bonds. The van der Waals surface area contributed by atoms with Crippen molar-refractivity contribution in [2.24, 2.45) is 5.92 Å². The second kappa shape index (κ2) is 9.32. The Morgan fingerprint density at radius 1 is 1.26 bits per heavy atom. The first-order valence-corrected chi connectivity index (χ1v) is 10.7. The van der Waals surface area contributed by atoms with Crippen molar-refractivity contribution in [1.82, 2.24) is 20.1 Å². The number of piperidine rings is 1. The molecule has 2 heterocycles. The fourth-order valence-corrected chi connectivity index (χ4v) is 4.96. The first-order valence-electron chi connectivity index (χ1n) is 9.24. The van der Waals surface area contributed by atoms with Gasteiger partial charge in [0.05, 0.1) is 5.92 Å². The highest BCUT2D eigenvalue weighted by Gasteiger charge is 2.36. The van der Waals surface area contributed by atoms with Crippen LogP contribution in [0.4, 0.5) is 0 Å². The van der Waals surface area contributed by atoms with Crippen molar-refractivity contribution in [3.63, 3.8) is 0 Å². The maximum atomic E-state index is 12.9. The van der Waals surface area contributed by atoms with Crippen LogP contribution in [0.5, 0.6) is 0 Å². The lowest BCUT2D eigenvalue weighted by Gasteiger charge is -2.31. The number of rotatable bonds is 8. The van der Waals surface area contributed by atoms with Crippen molar-refractivity contribution in [2.45, 2.75) is 51.3 Å². The summed E-state index contributed by atoms with van der Waals surface area (Å²) in [4.78, 5) is 24.0. The predicted molar refractivity (Wildman–Crippen MR) is 98.4 cm³/mol. The Morgan fingerprint density at radius 2 is 2.00 bits per heavy atom. The van der Waals surface area contributed by atoms with E-state index in [1.54, 1.807) is 13.8 Å². The summed E-state index contributed by atoms with van der Waals surface area (Å²) in [6.45, 7) is 6.43. The molecule has 0 spiro atoms. The van der Waals surface area contributed by atoms with Gasteiger partial charge >= 0.3 is 0 Å². The molecule has 0 aliphatic carbocycles. The number of nitrogens with zero attached hydrogens (tertiary/aromatic N) is 2. The van der Waals surface area contributed by atoms with Crippen LogP contribution in [-0.2, 0) is 19.6 Å². The third-order valence-electron chi connectivity index (χ3n) is 4.54. The maximum absolute atomic E-state index is 12.9. The highest BCUT2D eigenvalue weighted by atomic mass is 32.2. The van der Waals surface area contributed by atoms with Crippen molar-refractivity contribution in [1.29, 1.82) is 0 Å². The Balaban J connectivity index is 1.93. The zero-order valence-electron chi connectivity index (χ0n) is 16.1. The zero-order valence-corrected chi connectivity index (χ0v) is 16.9. The molecular formula is C17H28N4O5S. The number of carbonyl (C=O) groups excluding carboxylic acids is 2. The monoisotopic (exact) mass is 400 g/mol. The van der Waals surface area contributed by atoms with E-state index in [1.165, 1.54) is 4.31 Å². The fraction of sp³-hybridized carbons (Fsp3) is 0.706. The standard InChI is InChI=1S/C17H28N4O5S/c1-4-8-18-15(22)7-9-19-17(23)14-6-5-10-21(11-14)27(24,25)16-12(2)20-26-13(16)3/h14H,4-11H2,1-3H3,(H,18,22)(H,19,23). The van der Waals surface area contributed by atoms with Gasteiger partial charge in [0.1, 0.15) is 10.6 Å². The van der Waals surface area contributed by atoms with Crippen molar-refractivity contribution >= 4 is 21.8 Å². The largest absolute Gasteiger partial charge is 0.360 e. The van der Waals surface area contributed by atoms with E-state index in [-0.39, 0.29) is 42.0 Å². The van der Waals surface area contributed by atoms with E-state index in [2.05, 4.69) is 15.8 Å². The van der Waals surface area contributed by atoms with Crippen molar-refractivity contribution in [3.8, 4) is 0 Å². The van der Waals surface area contributed by atoms with Crippen molar-refractivity contribution < 1.29 is 22.5 Å². The van der Waals surface area contributed by atoms with Gasteiger partial charge in [-0.3, -0.25) is 9.59 Å². The molecule has 1 atom stereocenters. The van der Waals surface area contributed by atoms with E-state index in [0.29, 0.717) is 31.6 Å². The van der Waals surface area contributed by atoms with E-state index >= 15 is 0 Å². The molecule has 1 aromatic heterocycles. The van der Waals surface area contributed by atoms with Gasteiger partial charge in [0.25, 0.3) is 0 Å². The molecule has 152 valence electrons. The minimum Gasteiger partial charge on any atom is -0.360 e. The molecule has 10 heteroatoms. The van der Waals surface area contributed by atoms with Crippen LogP contribution in [0.3, 0.4) is 0 Å². The molecule has 1 fully saturated rings. The number of aryl methyl sites for hydroxylation is 2. The fourth-order valence-electron chi connectivity index (χ4n) is 3.14. The molecule has 2 rings (SSSR count). The van der Waals surface area contributed by atoms with Crippen LogP contribution in [0.15, 0.2) is 9.42 Å². The van der Waals surface area contributed by atoms with Crippen LogP contribution >= 0.6 is 0 Å². The van der Waals surface area contributed by atoms with Crippen LogP contribution in [0, 0.1) is 19.8 Å². The smallest absolute Gasteiger partial charge is 0.248 e. The van der Waals surface area contributed by atoms with Crippen LogP contribution < -0.4 is 10.6 Å². The number of aromatic nitrogens is 1. The average molecular weight is 401 g/mol. The Morgan fingerprint density at radius 3 is 2.63 bits per heavy atom. The predicted octanol–water partition coefficient (Wildman–Crippen LogP) is 0.725. The number of hydrogen-bond acceptors (Lipinski definition) is 6. The topological polar surface area (TPSA) is 122 Å². The van der Waals surface area contributed by atoms with E-state index in [4.69, 9.17) is 4.52 Å². The minimum atomic E-state index is -3.76. The Hall–Kier alpha value is -1.94. The molecule has 1 saturated heterocycles. The SMILES string of the molecule is CCCNC(=O)CCNC(=O)C1CCCN(S(=O)(=O)c2c(C)noc2C)C1. The second-order valence-electron chi connectivity index (χ2n) is 6.75. The number of amides is 2. The van der Waals surface area contributed by atoms with E-state index in [9.17, 15) is 18.0 Å². The van der Waals surface area contributed by atoms with Gasteiger partial charge in [0.15, 0.2) is 5.76 Å². The van der Waals surface area contributed by atoms with Gasteiger partial charge in [0.2, 0.25) is 21.8 Å². The van der Waals surface area contributed by atoms with Crippen LogP contribution in [0.2, 0.25) is 0 Å². The zero-order chi connectivity index (χ0) is 20.0. The molecule has 1 aromatic rings. The highest BCUT2D eigenvalue weighted by Crippen LogP contribution is 2.27. The highest BCUT2D eigenvalue weighted by molar-refractivity contribution is 7.89. The number of hydrogen-bond donors (Lipinski definition) is 2. The van der Waals surface area contributed by atoms with Gasteiger partial charge in [0, 0.05) is 32.6 Å². The molecule has 1 aliphatic rings. The first kappa shape index (κ1) is 21.4.